The van der Waals surface area contributed by atoms with E-state index in [4.69, 9.17) is 18.7 Å². The Kier molecular flexibility index (Phi) is 5.35. The number of hydrogen-bond donors (Lipinski definition) is 0. The quantitative estimate of drug-likeness (QED) is 0.794. The van der Waals surface area contributed by atoms with Gasteiger partial charge in [-0.15, -0.1) is 0 Å². The Labute approximate surface area is 157 Å². The van der Waals surface area contributed by atoms with Crippen molar-refractivity contribution in [3.05, 3.63) is 41.5 Å². The Morgan fingerprint density at radius 3 is 2.52 bits per heavy atom. The van der Waals surface area contributed by atoms with E-state index >= 15 is 0 Å². The highest BCUT2D eigenvalue weighted by atomic mass is 16.7. The molecule has 8 heteroatoms. The number of benzene rings is 1. The summed E-state index contributed by atoms with van der Waals surface area (Å²) in [6, 6.07) is 7.14. The highest BCUT2D eigenvalue weighted by molar-refractivity contribution is 5.94. The molecule has 1 amide bonds. The summed E-state index contributed by atoms with van der Waals surface area (Å²) in [4.78, 5) is 18.7. The molecule has 2 saturated heterocycles. The van der Waals surface area contributed by atoms with Crippen LogP contribution in [0.25, 0.3) is 0 Å². The van der Waals surface area contributed by atoms with E-state index in [9.17, 15) is 4.79 Å². The van der Waals surface area contributed by atoms with Gasteiger partial charge in [0.05, 0.1) is 13.2 Å². The first-order valence-corrected chi connectivity index (χ1v) is 9.23. The van der Waals surface area contributed by atoms with Crippen LogP contribution in [0.1, 0.15) is 34.9 Å². The average molecular weight is 373 g/mol. The number of aryl methyl sites for hydroxylation is 1. The van der Waals surface area contributed by atoms with Crippen molar-refractivity contribution in [2.24, 2.45) is 5.92 Å². The maximum Gasteiger partial charge on any atom is 0.253 e. The lowest BCUT2D eigenvalue weighted by atomic mass is 9.95. The summed E-state index contributed by atoms with van der Waals surface area (Å²) < 4.78 is 21.7. The Balaban J connectivity index is 1.28. The van der Waals surface area contributed by atoms with Crippen LogP contribution in [0.4, 0.5) is 0 Å². The normalized spacial score (nSPS) is 18.8. The van der Waals surface area contributed by atoms with Gasteiger partial charge in [-0.25, -0.2) is 0 Å². The second kappa shape index (κ2) is 8.06. The van der Waals surface area contributed by atoms with E-state index in [2.05, 4.69) is 10.1 Å². The van der Waals surface area contributed by atoms with Gasteiger partial charge >= 0.3 is 0 Å². The standard InChI is InChI=1S/C19H23N3O5/c1-13-20-17(21-27-13)12-26-16-4-2-14(3-5-16)18(23)22-8-6-15(7-9-22)19-24-10-11-25-19/h2-5,15,19H,6-12H2,1H3. The van der Waals surface area contributed by atoms with Crippen LogP contribution in [-0.4, -0.2) is 53.5 Å². The summed E-state index contributed by atoms with van der Waals surface area (Å²) in [5.74, 6) is 2.07. The lowest BCUT2D eigenvalue weighted by molar-refractivity contribution is -0.0956. The van der Waals surface area contributed by atoms with Crippen molar-refractivity contribution in [2.45, 2.75) is 32.7 Å². The van der Waals surface area contributed by atoms with Crippen molar-refractivity contribution in [3.8, 4) is 5.75 Å². The first-order chi connectivity index (χ1) is 13.2. The lowest BCUT2D eigenvalue weighted by Gasteiger charge is -2.33. The number of nitrogens with zero attached hydrogens (tertiary/aromatic N) is 3. The van der Waals surface area contributed by atoms with E-state index in [-0.39, 0.29) is 18.8 Å². The zero-order valence-electron chi connectivity index (χ0n) is 15.3. The lowest BCUT2D eigenvalue weighted by Crippen LogP contribution is -2.41. The molecule has 2 fully saturated rings. The van der Waals surface area contributed by atoms with Crippen LogP contribution in [0.2, 0.25) is 0 Å². The third-order valence-electron chi connectivity index (χ3n) is 4.90. The SMILES string of the molecule is Cc1nc(COc2ccc(C(=O)N3CCC(C4OCCO4)CC3)cc2)no1. The van der Waals surface area contributed by atoms with Crippen molar-refractivity contribution < 1.29 is 23.5 Å². The minimum Gasteiger partial charge on any atom is -0.485 e. The number of aromatic nitrogens is 2. The average Bonchev–Trinajstić information content (AvgIpc) is 3.38. The van der Waals surface area contributed by atoms with Gasteiger partial charge in [-0.2, -0.15) is 4.98 Å². The molecule has 4 rings (SSSR count). The molecule has 0 atom stereocenters. The summed E-state index contributed by atoms with van der Waals surface area (Å²) in [7, 11) is 0. The molecule has 2 aliphatic heterocycles. The molecule has 0 spiro atoms. The minimum absolute atomic E-state index is 0.0436. The highest BCUT2D eigenvalue weighted by Gasteiger charge is 2.31. The highest BCUT2D eigenvalue weighted by Crippen LogP contribution is 2.26. The molecule has 27 heavy (non-hydrogen) atoms. The van der Waals surface area contributed by atoms with Crippen molar-refractivity contribution in [2.75, 3.05) is 26.3 Å². The summed E-state index contributed by atoms with van der Waals surface area (Å²) >= 11 is 0. The smallest absolute Gasteiger partial charge is 0.253 e. The summed E-state index contributed by atoms with van der Waals surface area (Å²) in [5.41, 5.74) is 0.657. The molecular weight excluding hydrogens is 350 g/mol. The topological polar surface area (TPSA) is 86.9 Å². The van der Waals surface area contributed by atoms with E-state index in [1.807, 2.05) is 4.90 Å². The molecule has 0 radical (unpaired) electrons. The van der Waals surface area contributed by atoms with Gasteiger partial charge in [-0.3, -0.25) is 4.79 Å². The number of carbonyl (C=O) groups is 1. The monoisotopic (exact) mass is 373 g/mol. The van der Waals surface area contributed by atoms with Crippen molar-refractivity contribution in [1.29, 1.82) is 0 Å². The molecule has 0 saturated carbocycles. The predicted octanol–water partition coefficient (Wildman–Crippen LogP) is 2.18. The number of ether oxygens (including phenoxy) is 3. The maximum absolute atomic E-state index is 12.7. The van der Waals surface area contributed by atoms with Crippen LogP contribution < -0.4 is 4.74 Å². The van der Waals surface area contributed by atoms with Crippen molar-refractivity contribution in [3.63, 3.8) is 0 Å². The Hall–Kier alpha value is -2.45. The van der Waals surface area contributed by atoms with Gasteiger partial charge in [0.2, 0.25) is 11.7 Å². The first-order valence-electron chi connectivity index (χ1n) is 9.23. The van der Waals surface area contributed by atoms with Gasteiger partial charge in [-0.1, -0.05) is 5.16 Å². The molecule has 0 unspecified atom stereocenters. The van der Waals surface area contributed by atoms with E-state index in [1.54, 1.807) is 31.2 Å². The number of carbonyl (C=O) groups excluding carboxylic acids is 1. The fourth-order valence-corrected chi connectivity index (χ4v) is 3.45. The van der Waals surface area contributed by atoms with Gasteiger partial charge in [0, 0.05) is 31.5 Å². The molecular formula is C19H23N3O5. The number of amides is 1. The van der Waals surface area contributed by atoms with Crippen molar-refractivity contribution in [1.82, 2.24) is 15.0 Å². The molecule has 144 valence electrons. The van der Waals surface area contributed by atoms with Gasteiger partial charge in [0.1, 0.15) is 5.75 Å². The van der Waals surface area contributed by atoms with E-state index in [0.29, 0.717) is 42.2 Å². The zero-order valence-corrected chi connectivity index (χ0v) is 15.3. The van der Waals surface area contributed by atoms with Crippen LogP contribution in [0, 0.1) is 12.8 Å². The Bertz CT molecular complexity index is 762. The molecule has 0 N–H and O–H groups in total. The maximum atomic E-state index is 12.7. The molecule has 1 aromatic heterocycles. The fourth-order valence-electron chi connectivity index (χ4n) is 3.45. The van der Waals surface area contributed by atoms with Crippen LogP contribution in [-0.2, 0) is 16.1 Å². The molecule has 0 bridgehead atoms. The molecule has 3 heterocycles. The van der Waals surface area contributed by atoms with Crippen LogP contribution >= 0.6 is 0 Å². The van der Waals surface area contributed by atoms with Crippen LogP contribution in [0.15, 0.2) is 28.8 Å². The molecule has 2 aliphatic rings. The Morgan fingerprint density at radius 1 is 1.19 bits per heavy atom. The summed E-state index contributed by atoms with van der Waals surface area (Å²) in [5, 5.41) is 3.78. The fraction of sp³-hybridized carbons (Fsp3) is 0.526. The van der Waals surface area contributed by atoms with Gasteiger partial charge < -0.3 is 23.6 Å². The van der Waals surface area contributed by atoms with Gasteiger partial charge in [-0.05, 0) is 37.1 Å². The first kappa shape index (κ1) is 17.9. The predicted molar refractivity (Wildman–Crippen MR) is 94.1 cm³/mol. The number of piperidine rings is 1. The largest absolute Gasteiger partial charge is 0.485 e. The number of hydrogen-bond acceptors (Lipinski definition) is 7. The zero-order chi connectivity index (χ0) is 18.6. The third-order valence-corrected chi connectivity index (χ3v) is 4.90. The summed E-state index contributed by atoms with van der Waals surface area (Å²) in [6.07, 6.45) is 1.71. The number of likely N-dealkylation sites (tertiary alicyclic amines) is 1. The van der Waals surface area contributed by atoms with Crippen molar-refractivity contribution >= 4 is 5.91 Å². The molecule has 0 aliphatic carbocycles. The van der Waals surface area contributed by atoms with Gasteiger partial charge in [0.25, 0.3) is 5.91 Å². The van der Waals surface area contributed by atoms with E-state index in [1.165, 1.54) is 0 Å². The Morgan fingerprint density at radius 2 is 1.89 bits per heavy atom. The van der Waals surface area contributed by atoms with E-state index in [0.717, 1.165) is 25.9 Å². The second-order valence-electron chi connectivity index (χ2n) is 6.78. The second-order valence-corrected chi connectivity index (χ2v) is 6.78. The molecule has 8 nitrogen and oxygen atoms in total. The molecule has 1 aromatic carbocycles. The minimum atomic E-state index is -0.0957. The third kappa shape index (κ3) is 4.28. The molecule has 2 aromatic rings. The van der Waals surface area contributed by atoms with Crippen LogP contribution in [0.5, 0.6) is 5.75 Å². The van der Waals surface area contributed by atoms with Crippen LogP contribution in [0.3, 0.4) is 0 Å². The summed E-state index contributed by atoms with van der Waals surface area (Å²) in [6.45, 7) is 4.75. The van der Waals surface area contributed by atoms with E-state index < -0.39 is 0 Å². The number of rotatable bonds is 5. The van der Waals surface area contributed by atoms with Gasteiger partial charge in [0.15, 0.2) is 12.9 Å².